The second-order valence-corrected chi connectivity index (χ2v) is 11.0. The molecule has 2 aromatic rings. The van der Waals surface area contributed by atoms with Crippen LogP contribution in [0, 0.1) is 19.8 Å². The molecule has 1 heterocycles. The first kappa shape index (κ1) is 25.2. The lowest BCUT2D eigenvalue weighted by molar-refractivity contribution is 0.0578. The van der Waals surface area contributed by atoms with Crippen molar-refractivity contribution in [3.63, 3.8) is 0 Å². The van der Waals surface area contributed by atoms with Crippen molar-refractivity contribution in [1.29, 1.82) is 0 Å². The molecule has 190 valence electrons. The zero-order valence-corrected chi connectivity index (χ0v) is 21.6. The Balaban J connectivity index is 1.74. The second kappa shape index (κ2) is 9.64. The molecule has 35 heavy (non-hydrogen) atoms. The van der Waals surface area contributed by atoms with Gasteiger partial charge in [0, 0.05) is 18.7 Å². The highest BCUT2D eigenvalue weighted by atomic mass is 16.6. The van der Waals surface area contributed by atoms with Gasteiger partial charge in [0.05, 0.1) is 22.7 Å². The first-order chi connectivity index (χ1) is 16.5. The summed E-state index contributed by atoms with van der Waals surface area (Å²) in [6, 6.07) is 3.97. The van der Waals surface area contributed by atoms with Crippen molar-refractivity contribution in [1.82, 2.24) is 5.16 Å². The van der Waals surface area contributed by atoms with Crippen molar-refractivity contribution in [3.8, 4) is 11.1 Å². The number of benzene rings is 1. The van der Waals surface area contributed by atoms with Crippen molar-refractivity contribution in [2.45, 2.75) is 84.3 Å². The fraction of sp³-hybridized carbons (Fsp3) is 0.593. The molecule has 2 saturated carbocycles. The fourth-order valence-corrected chi connectivity index (χ4v) is 4.35. The summed E-state index contributed by atoms with van der Waals surface area (Å²) in [4.78, 5) is 19.4. The number of anilines is 2. The lowest BCUT2D eigenvalue weighted by atomic mass is 10.0. The maximum Gasteiger partial charge on any atom is 0.414 e. The van der Waals surface area contributed by atoms with Gasteiger partial charge in [-0.05, 0) is 103 Å². The van der Waals surface area contributed by atoms with Crippen LogP contribution in [0.4, 0.5) is 21.9 Å². The Morgan fingerprint density at radius 2 is 2.06 bits per heavy atom. The van der Waals surface area contributed by atoms with E-state index in [1.807, 2.05) is 46.8 Å². The van der Waals surface area contributed by atoms with Crippen molar-refractivity contribution in [2.75, 3.05) is 23.3 Å². The number of aromatic nitrogens is 1. The first-order valence-corrected chi connectivity index (χ1v) is 12.5. The third kappa shape index (κ3) is 6.23. The zero-order valence-electron chi connectivity index (χ0n) is 21.6. The van der Waals surface area contributed by atoms with Gasteiger partial charge in [0.1, 0.15) is 17.0 Å². The van der Waals surface area contributed by atoms with Gasteiger partial charge in [-0.1, -0.05) is 5.16 Å². The predicted octanol–water partition coefficient (Wildman–Crippen LogP) is 6.16. The number of aryl methyl sites for hydroxylation is 2. The molecule has 1 aromatic carbocycles. The minimum Gasteiger partial charge on any atom is -0.443 e. The molecule has 8 heteroatoms. The van der Waals surface area contributed by atoms with Crippen LogP contribution in [-0.2, 0) is 4.74 Å². The molecule has 4 rings (SSSR count). The highest BCUT2D eigenvalue weighted by Gasteiger charge is 2.39. The van der Waals surface area contributed by atoms with Gasteiger partial charge < -0.3 is 19.7 Å². The third-order valence-corrected chi connectivity index (χ3v) is 6.57. The molecule has 0 radical (unpaired) electrons. The maximum atomic E-state index is 13.4. The normalized spacial score (nSPS) is 16.6. The summed E-state index contributed by atoms with van der Waals surface area (Å²) in [5, 5.41) is 17.8. The van der Waals surface area contributed by atoms with Crippen molar-refractivity contribution >= 4 is 29.9 Å². The van der Waals surface area contributed by atoms with E-state index < -0.39 is 17.3 Å². The van der Waals surface area contributed by atoms with E-state index in [1.165, 1.54) is 0 Å². The van der Waals surface area contributed by atoms with E-state index >= 15 is 0 Å². The molecule has 2 aliphatic carbocycles. The van der Waals surface area contributed by atoms with Crippen LogP contribution in [0.15, 0.2) is 21.6 Å². The zero-order chi connectivity index (χ0) is 25.4. The van der Waals surface area contributed by atoms with Crippen LogP contribution in [0.1, 0.15) is 70.8 Å². The number of ether oxygens (including phenoxy) is 1. The summed E-state index contributed by atoms with van der Waals surface area (Å²) in [5.74, 6) is 1.15. The van der Waals surface area contributed by atoms with Crippen molar-refractivity contribution < 1.29 is 19.2 Å². The van der Waals surface area contributed by atoms with E-state index in [0.717, 1.165) is 61.0 Å². The topological polar surface area (TPSA) is 100 Å². The number of nitrogens with zero attached hydrogens (tertiary/aromatic N) is 3. The molecule has 0 unspecified atom stereocenters. The molecule has 1 aromatic heterocycles. The average molecular weight is 483 g/mol. The molecule has 0 spiro atoms. The maximum absolute atomic E-state index is 13.4. The van der Waals surface area contributed by atoms with Crippen LogP contribution >= 0.6 is 0 Å². The predicted molar refractivity (Wildman–Crippen MR) is 139 cm³/mol. The van der Waals surface area contributed by atoms with Crippen molar-refractivity contribution in [3.05, 3.63) is 23.6 Å². The van der Waals surface area contributed by atoms with E-state index in [2.05, 4.69) is 22.2 Å². The van der Waals surface area contributed by atoms with E-state index in [1.54, 1.807) is 4.90 Å². The van der Waals surface area contributed by atoms with E-state index in [9.17, 15) is 9.90 Å². The van der Waals surface area contributed by atoms with Crippen LogP contribution in [0.3, 0.4) is 0 Å². The van der Waals surface area contributed by atoms with Gasteiger partial charge in [0.2, 0.25) is 0 Å². The highest BCUT2D eigenvalue weighted by molar-refractivity contribution is 5.98. The van der Waals surface area contributed by atoms with E-state index in [4.69, 9.17) is 9.26 Å². The fourth-order valence-electron chi connectivity index (χ4n) is 4.35. The largest absolute Gasteiger partial charge is 0.443 e. The standard InChI is InChI=1S/C27H38N4O4/c1-17-23(18(2)35-30-17)20-14-21(29-13-7-10-27(33)11-12-27)24(28-6)22(15-20)31(16-19-8-9-19)25(32)34-26(3,4)5/h14-15,19,29,33H,6-13,16H2,1-5H3. The Bertz CT molecular complexity index is 1070. The lowest BCUT2D eigenvalue weighted by Gasteiger charge is -2.29. The smallest absolute Gasteiger partial charge is 0.414 e. The SMILES string of the molecule is C=Nc1c(NCCCC2(O)CC2)cc(-c2c(C)noc2C)cc1N(CC1CC1)C(=O)OC(C)(C)C. The molecule has 2 N–H and O–H groups in total. The molecule has 0 atom stereocenters. The quantitative estimate of drug-likeness (QED) is 0.311. The summed E-state index contributed by atoms with van der Waals surface area (Å²) in [7, 11) is 0. The number of rotatable bonds is 10. The number of carbonyl (C=O) groups excluding carboxylic acids is 1. The average Bonchev–Trinajstić information content (AvgIpc) is 3.70. The minimum absolute atomic E-state index is 0.396. The monoisotopic (exact) mass is 482 g/mol. The van der Waals surface area contributed by atoms with Gasteiger partial charge in [0.25, 0.3) is 0 Å². The number of nitrogens with one attached hydrogen (secondary N) is 1. The molecule has 2 aliphatic rings. The Kier molecular flexibility index (Phi) is 6.95. The number of aliphatic imine (C=N–C) groups is 1. The Morgan fingerprint density at radius 3 is 2.60 bits per heavy atom. The second-order valence-electron chi connectivity index (χ2n) is 11.0. The molecule has 0 saturated heterocycles. The van der Waals surface area contributed by atoms with Crippen molar-refractivity contribution in [2.24, 2.45) is 10.9 Å². The molecule has 0 aliphatic heterocycles. The molecule has 1 amide bonds. The Hall–Kier alpha value is -2.87. The molecule has 8 nitrogen and oxygen atoms in total. The van der Waals surface area contributed by atoms with Crippen LogP contribution in [0.25, 0.3) is 11.1 Å². The number of aliphatic hydroxyl groups is 1. The van der Waals surface area contributed by atoms with Gasteiger partial charge in [-0.3, -0.25) is 9.89 Å². The summed E-state index contributed by atoms with van der Waals surface area (Å²) < 4.78 is 11.2. The summed E-state index contributed by atoms with van der Waals surface area (Å²) in [6.07, 6.45) is 5.14. The molecule has 2 fully saturated rings. The van der Waals surface area contributed by atoms with Crippen LogP contribution in [0.5, 0.6) is 0 Å². The molecule has 0 bridgehead atoms. The summed E-state index contributed by atoms with van der Waals surface area (Å²) >= 11 is 0. The van der Waals surface area contributed by atoms with Crippen LogP contribution in [0.2, 0.25) is 0 Å². The van der Waals surface area contributed by atoms with Gasteiger partial charge in [-0.2, -0.15) is 0 Å². The van der Waals surface area contributed by atoms with Crippen LogP contribution in [-0.4, -0.2) is 47.4 Å². The Labute approximate surface area is 207 Å². The summed E-state index contributed by atoms with van der Waals surface area (Å²) in [6.45, 7) is 14.5. The van der Waals surface area contributed by atoms with E-state index in [-0.39, 0.29) is 0 Å². The Morgan fingerprint density at radius 1 is 1.34 bits per heavy atom. The van der Waals surface area contributed by atoms with Gasteiger partial charge in [0.15, 0.2) is 0 Å². The molecular formula is C27H38N4O4. The number of hydrogen-bond donors (Lipinski definition) is 2. The first-order valence-electron chi connectivity index (χ1n) is 12.5. The number of amides is 1. The van der Waals surface area contributed by atoms with E-state index in [0.29, 0.717) is 36.1 Å². The lowest BCUT2D eigenvalue weighted by Crippen LogP contribution is -2.38. The van der Waals surface area contributed by atoms with Gasteiger partial charge in [-0.15, -0.1) is 0 Å². The van der Waals surface area contributed by atoms with Gasteiger partial charge >= 0.3 is 6.09 Å². The minimum atomic E-state index is -0.621. The van der Waals surface area contributed by atoms with Gasteiger partial charge in [-0.25, -0.2) is 4.79 Å². The number of carbonyl (C=O) groups is 1. The molecular weight excluding hydrogens is 444 g/mol. The number of hydrogen-bond acceptors (Lipinski definition) is 7. The highest BCUT2D eigenvalue weighted by Crippen LogP contribution is 2.44. The third-order valence-electron chi connectivity index (χ3n) is 6.57. The van der Waals surface area contributed by atoms with Crippen LogP contribution < -0.4 is 10.2 Å². The summed E-state index contributed by atoms with van der Waals surface area (Å²) in [5.41, 5.74) is 3.50.